The summed E-state index contributed by atoms with van der Waals surface area (Å²) in [6.07, 6.45) is 2.35. The molecule has 0 amide bonds. The van der Waals surface area contributed by atoms with E-state index in [1.165, 1.54) is 30.6 Å². The average molecular weight is 323 g/mol. The van der Waals surface area contributed by atoms with Gasteiger partial charge in [-0.3, -0.25) is 0 Å². The molecule has 0 bridgehead atoms. The number of ether oxygens (including phenoxy) is 1. The first-order valence-corrected chi connectivity index (χ1v) is 9.02. The van der Waals surface area contributed by atoms with Crippen molar-refractivity contribution in [3.05, 3.63) is 65.7 Å². The standard InChI is InChI=1S/C22H29NO/c1-18-17-23(14-12-19-8-5-4-6-9-19)15-13-22(18,2)20-10-7-11-21(16-20)24-3/h4-11,16,18H,12-15,17H2,1-3H3/t18-,22-/m0/s1. The molecule has 2 aromatic rings. The highest BCUT2D eigenvalue weighted by Gasteiger charge is 2.37. The Morgan fingerprint density at radius 1 is 1.12 bits per heavy atom. The van der Waals surface area contributed by atoms with Crippen molar-refractivity contribution >= 4 is 0 Å². The van der Waals surface area contributed by atoms with Crippen molar-refractivity contribution in [1.82, 2.24) is 4.90 Å². The van der Waals surface area contributed by atoms with Gasteiger partial charge >= 0.3 is 0 Å². The van der Waals surface area contributed by atoms with Crippen LogP contribution in [-0.4, -0.2) is 31.6 Å². The van der Waals surface area contributed by atoms with Crippen LogP contribution in [0.4, 0.5) is 0 Å². The lowest BCUT2D eigenvalue weighted by atomic mass is 9.68. The van der Waals surface area contributed by atoms with Crippen LogP contribution in [0.2, 0.25) is 0 Å². The minimum absolute atomic E-state index is 0.234. The predicted molar refractivity (Wildman–Crippen MR) is 101 cm³/mol. The van der Waals surface area contributed by atoms with Crippen molar-refractivity contribution in [2.45, 2.75) is 32.1 Å². The lowest BCUT2D eigenvalue weighted by Gasteiger charge is -2.45. The number of nitrogens with zero attached hydrogens (tertiary/aromatic N) is 1. The van der Waals surface area contributed by atoms with E-state index in [2.05, 4.69) is 67.3 Å². The summed E-state index contributed by atoms with van der Waals surface area (Å²) in [7, 11) is 1.75. The Kier molecular flexibility index (Phi) is 5.25. The van der Waals surface area contributed by atoms with Crippen LogP contribution in [-0.2, 0) is 11.8 Å². The molecule has 0 saturated carbocycles. The third kappa shape index (κ3) is 3.64. The zero-order valence-corrected chi connectivity index (χ0v) is 15.2. The van der Waals surface area contributed by atoms with E-state index in [4.69, 9.17) is 4.74 Å². The maximum absolute atomic E-state index is 5.42. The molecule has 1 heterocycles. The molecule has 24 heavy (non-hydrogen) atoms. The molecule has 0 spiro atoms. The van der Waals surface area contributed by atoms with E-state index in [1.54, 1.807) is 7.11 Å². The first kappa shape index (κ1) is 17.0. The SMILES string of the molecule is COc1cccc([C@@]2(C)CCN(CCc3ccccc3)C[C@@H]2C)c1. The molecule has 2 atom stereocenters. The highest BCUT2D eigenvalue weighted by atomic mass is 16.5. The van der Waals surface area contributed by atoms with E-state index in [9.17, 15) is 0 Å². The minimum Gasteiger partial charge on any atom is -0.497 e. The van der Waals surface area contributed by atoms with Crippen LogP contribution >= 0.6 is 0 Å². The smallest absolute Gasteiger partial charge is 0.119 e. The first-order chi connectivity index (χ1) is 11.6. The lowest BCUT2D eigenvalue weighted by molar-refractivity contribution is 0.112. The maximum atomic E-state index is 5.42. The second-order valence-corrected chi connectivity index (χ2v) is 7.34. The van der Waals surface area contributed by atoms with Crippen LogP contribution < -0.4 is 4.74 Å². The fourth-order valence-electron chi connectivity index (χ4n) is 3.86. The normalized spacial score (nSPS) is 24.7. The molecule has 1 aliphatic heterocycles. The maximum Gasteiger partial charge on any atom is 0.119 e. The highest BCUT2D eigenvalue weighted by molar-refractivity contribution is 5.34. The van der Waals surface area contributed by atoms with Gasteiger partial charge in [-0.05, 0) is 54.0 Å². The van der Waals surface area contributed by atoms with Gasteiger partial charge in [-0.2, -0.15) is 0 Å². The fourth-order valence-corrected chi connectivity index (χ4v) is 3.86. The van der Waals surface area contributed by atoms with E-state index in [-0.39, 0.29) is 5.41 Å². The number of benzene rings is 2. The van der Waals surface area contributed by atoms with Crippen molar-refractivity contribution in [3.8, 4) is 5.75 Å². The molecule has 1 fully saturated rings. The summed E-state index contributed by atoms with van der Waals surface area (Å²) in [4.78, 5) is 2.62. The fraction of sp³-hybridized carbons (Fsp3) is 0.455. The number of hydrogen-bond acceptors (Lipinski definition) is 2. The van der Waals surface area contributed by atoms with Crippen LogP contribution in [0.25, 0.3) is 0 Å². The van der Waals surface area contributed by atoms with Gasteiger partial charge in [-0.25, -0.2) is 0 Å². The van der Waals surface area contributed by atoms with E-state index < -0.39 is 0 Å². The first-order valence-electron chi connectivity index (χ1n) is 9.02. The van der Waals surface area contributed by atoms with Crippen molar-refractivity contribution in [1.29, 1.82) is 0 Å². The van der Waals surface area contributed by atoms with E-state index in [0.717, 1.165) is 18.7 Å². The largest absolute Gasteiger partial charge is 0.497 e. The molecule has 1 aliphatic rings. The molecule has 3 rings (SSSR count). The summed E-state index contributed by atoms with van der Waals surface area (Å²) in [5.74, 6) is 1.60. The van der Waals surface area contributed by atoms with Gasteiger partial charge in [0, 0.05) is 13.1 Å². The van der Waals surface area contributed by atoms with E-state index in [0.29, 0.717) is 5.92 Å². The third-order valence-electron chi connectivity index (χ3n) is 5.86. The van der Waals surface area contributed by atoms with Crippen molar-refractivity contribution in [3.63, 3.8) is 0 Å². The molecular formula is C22H29NO. The third-order valence-corrected chi connectivity index (χ3v) is 5.86. The van der Waals surface area contributed by atoms with Gasteiger partial charge in [0.05, 0.1) is 7.11 Å². The Hall–Kier alpha value is -1.80. The van der Waals surface area contributed by atoms with Gasteiger partial charge < -0.3 is 9.64 Å². The highest BCUT2D eigenvalue weighted by Crippen LogP contribution is 2.40. The van der Waals surface area contributed by atoms with E-state index >= 15 is 0 Å². The Balaban J connectivity index is 1.63. The molecule has 0 radical (unpaired) electrons. The number of piperidine rings is 1. The Morgan fingerprint density at radius 3 is 2.62 bits per heavy atom. The number of likely N-dealkylation sites (tertiary alicyclic amines) is 1. The number of rotatable bonds is 5. The quantitative estimate of drug-likeness (QED) is 0.801. The predicted octanol–water partition coefficient (Wildman–Crippen LogP) is 4.54. The lowest BCUT2D eigenvalue weighted by Crippen LogP contribution is -2.47. The molecule has 0 unspecified atom stereocenters. The number of methoxy groups -OCH3 is 1. The van der Waals surface area contributed by atoms with Crippen LogP contribution in [0.5, 0.6) is 5.75 Å². The zero-order valence-electron chi connectivity index (χ0n) is 15.2. The Morgan fingerprint density at radius 2 is 1.92 bits per heavy atom. The van der Waals surface area contributed by atoms with Gasteiger partial charge in [-0.1, -0.05) is 56.3 Å². The summed E-state index contributed by atoms with van der Waals surface area (Å²) >= 11 is 0. The second-order valence-electron chi connectivity index (χ2n) is 7.34. The zero-order chi connectivity index (χ0) is 17.0. The van der Waals surface area contributed by atoms with Crippen molar-refractivity contribution in [2.24, 2.45) is 5.92 Å². The van der Waals surface area contributed by atoms with Gasteiger partial charge in [0.15, 0.2) is 0 Å². The van der Waals surface area contributed by atoms with Crippen LogP contribution in [0, 0.1) is 5.92 Å². The molecular weight excluding hydrogens is 294 g/mol. The van der Waals surface area contributed by atoms with Crippen molar-refractivity contribution < 1.29 is 4.74 Å². The summed E-state index contributed by atoms with van der Waals surface area (Å²) in [5.41, 5.74) is 3.08. The Labute approximate surface area is 146 Å². The van der Waals surface area contributed by atoms with Gasteiger partial charge in [0.25, 0.3) is 0 Å². The molecule has 1 saturated heterocycles. The van der Waals surface area contributed by atoms with E-state index in [1.807, 2.05) is 6.07 Å². The second kappa shape index (κ2) is 7.40. The summed E-state index contributed by atoms with van der Waals surface area (Å²) in [5, 5.41) is 0. The molecule has 128 valence electrons. The number of hydrogen-bond donors (Lipinski definition) is 0. The molecule has 0 aliphatic carbocycles. The summed E-state index contributed by atoms with van der Waals surface area (Å²) < 4.78 is 5.42. The monoisotopic (exact) mass is 323 g/mol. The average Bonchev–Trinajstić information content (AvgIpc) is 2.63. The van der Waals surface area contributed by atoms with Crippen LogP contribution in [0.1, 0.15) is 31.4 Å². The molecule has 0 N–H and O–H groups in total. The minimum atomic E-state index is 0.234. The topological polar surface area (TPSA) is 12.5 Å². The van der Waals surface area contributed by atoms with Gasteiger partial charge in [-0.15, -0.1) is 0 Å². The van der Waals surface area contributed by atoms with Crippen LogP contribution in [0.3, 0.4) is 0 Å². The molecule has 0 aromatic heterocycles. The molecule has 2 aromatic carbocycles. The van der Waals surface area contributed by atoms with Gasteiger partial charge in [0.2, 0.25) is 0 Å². The Bertz CT molecular complexity index is 654. The summed E-state index contributed by atoms with van der Waals surface area (Å²) in [6.45, 7) is 8.31. The van der Waals surface area contributed by atoms with Gasteiger partial charge in [0.1, 0.15) is 5.75 Å². The summed E-state index contributed by atoms with van der Waals surface area (Å²) in [6, 6.07) is 19.4. The van der Waals surface area contributed by atoms with Crippen molar-refractivity contribution in [2.75, 3.05) is 26.7 Å². The molecule has 2 nitrogen and oxygen atoms in total. The molecule has 2 heteroatoms. The van der Waals surface area contributed by atoms with Crippen LogP contribution in [0.15, 0.2) is 54.6 Å².